The molecule has 0 atom stereocenters. The fraction of sp³-hybridized carbons (Fsp3) is 0.286. The number of aromatic hydroxyl groups is 2. The topological polar surface area (TPSA) is 107 Å². The normalized spacial score (nSPS) is 15.1. The molecule has 7 nitrogen and oxygen atoms in total. The molecular formula is C21H24N2O5S. The van der Waals surface area contributed by atoms with Crippen LogP contribution in [0.3, 0.4) is 0 Å². The third-order valence-corrected chi connectivity index (χ3v) is 6.50. The zero-order valence-electron chi connectivity index (χ0n) is 16.1. The van der Waals surface area contributed by atoms with Gasteiger partial charge in [0.2, 0.25) is 10.0 Å². The van der Waals surface area contributed by atoms with E-state index in [-0.39, 0.29) is 28.3 Å². The SMILES string of the molecule is CN(C(=O)C=Cc1ccc(O)c(O)c1)c1ccc(S(=O)(=O)NC2CCCC2)cc1. The highest BCUT2D eigenvalue weighted by molar-refractivity contribution is 7.89. The molecule has 3 N–H and O–H groups in total. The number of nitrogens with one attached hydrogen (secondary N) is 1. The molecule has 1 aliphatic rings. The Bertz CT molecular complexity index is 1010. The first kappa shape index (κ1) is 20.9. The molecule has 154 valence electrons. The molecule has 0 saturated heterocycles. The second-order valence-electron chi connectivity index (χ2n) is 7.08. The van der Waals surface area contributed by atoms with Crippen LogP contribution in [0.2, 0.25) is 0 Å². The van der Waals surface area contributed by atoms with E-state index in [2.05, 4.69) is 4.72 Å². The van der Waals surface area contributed by atoms with Gasteiger partial charge in [0.05, 0.1) is 4.90 Å². The van der Waals surface area contributed by atoms with Gasteiger partial charge in [-0.2, -0.15) is 0 Å². The first-order chi connectivity index (χ1) is 13.8. The Labute approximate surface area is 170 Å². The quantitative estimate of drug-likeness (QED) is 0.496. The molecule has 0 aromatic heterocycles. The van der Waals surface area contributed by atoms with E-state index in [0.29, 0.717) is 11.3 Å². The van der Waals surface area contributed by atoms with Crippen molar-refractivity contribution in [2.24, 2.45) is 0 Å². The number of carbonyl (C=O) groups excluding carboxylic acids is 1. The fourth-order valence-electron chi connectivity index (χ4n) is 3.23. The molecule has 0 unspecified atom stereocenters. The summed E-state index contributed by atoms with van der Waals surface area (Å²) in [7, 11) is -1.99. The maximum atomic E-state index is 12.5. The second kappa shape index (κ2) is 8.67. The van der Waals surface area contributed by atoms with Gasteiger partial charge in [-0.15, -0.1) is 0 Å². The average molecular weight is 416 g/mol. The largest absolute Gasteiger partial charge is 0.504 e. The van der Waals surface area contributed by atoms with E-state index in [1.165, 1.54) is 41.3 Å². The van der Waals surface area contributed by atoms with Gasteiger partial charge >= 0.3 is 0 Å². The minimum atomic E-state index is -3.57. The number of benzene rings is 2. The van der Waals surface area contributed by atoms with Crippen LogP contribution in [0.15, 0.2) is 53.4 Å². The van der Waals surface area contributed by atoms with Gasteiger partial charge in [-0.3, -0.25) is 4.79 Å². The summed E-state index contributed by atoms with van der Waals surface area (Å²) in [4.78, 5) is 13.9. The Morgan fingerprint density at radius 1 is 1.07 bits per heavy atom. The summed E-state index contributed by atoms with van der Waals surface area (Å²) in [5, 5.41) is 18.8. The van der Waals surface area contributed by atoms with Crippen LogP contribution in [0.25, 0.3) is 6.08 Å². The number of hydrogen-bond acceptors (Lipinski definition) is 5. The third-order valence-electron chi connectivity index (χ3n) is 4.96. The number of amides is 1. The highest BCUT2D eigenvalue weighted by Gasteiger charge is 2.23. The van der Waals surface area contributed by atoms with Gasteiger partial charge in [0, 0.05) is 24.9 Å². The monoisotopic (exact) mass is 416 g/mol. The molecule has 29 heavy (non-hydrogen) atoms. The van der Waals surface area contributed by atoms with Gasteiger partial charge in [0.15, 0.2) is 11.5 Å². The summed E-state index contributed by atoms with van der Waals surface area (Å²) in [5.74, 6) is -0.823. The number of nitrogens with zero attached hydrogens (tertiary/aromatic N) is 1. The highest BCUT2D eigenvalue weighted by Crippen LogP contribution is 2.26. The standard InChI is InChI=1S/C21H24N2O5S/c1-23(21(26)13-7-15-6-12-19(24)20(25)14-15)17-8-10-18(11-9-17)29(27,28)22-16-4-2-3-5-16/h6-14,16,22,24-25H,2-5H2,1H3. The molecule has 0 radical (unpaired) electrons. The zero-order valence-corrected chi connectivity index (χ0v) is 16.9. The minimum Gasteiger partial charge on any atom is -0.504 e. The molecule has 1 amide bonds. The predicted octanol–water partition coefficient (Wildman–Crippen LogP) is 2.99. The van der Waals surface area contributed by atoms with Gasteiger partial charge in [-0.05, 0) is 60.9 Å². The minimum absolute atomic E-state index is 0.00611. The number of likely N-dealkylation sites (N-methyl/N-ethyl adjacent to an activating group) is 1. The Balaban J connectivity index is 1.67. The van der Waals surface area contributed by atoms with E-state index < -0.39 is 10.0 Å². The van der Waals surface area contributed by atoms with E-state index in [1.54, 1.807) is 25.2 Å². The molecule has 1 aliphatic carbocycles. The lowest BCUT2D eigenvalue weighted by molar-refractivity contribution is -0.113. The van der Waals surface area contributed by atoms with E-state index in [0.717, 1.165) is 25.7 Å². The summed E-state index contributed by atoms with van der Waals surface area (Å²) >= 11 is 0. The predicted molar refractivity (Wildman–Crippen MR) is 111 cm³/mol. The number of sulfonamides is 1. The van der Waals surface area contributed by atoms with Crippen molar-refractivity contribution in [3.8, 4) is 11.5 Å². The van der Waals surface area contributed by atoms with Crippen molar-refractivity contribution in [3.63, 3.8) is 0 Å². The second-order valence-corrected chi connectivity index (χ2v) is 8.79. The number of hydrogen-bond donors (Lipinski definition) is 3. The third kappa shape index (κ3) is 5.16. The molecule has 0 aliphatic heterocycles. The lowest BCUT2D eigenvalue weighted by Crippen LogP contribution is -2.32. The summed E-state index contributed by atoms with van der Waals surface area (Å²) in [5.41, 5.74) is 1.11. The summed E-state index contributed by atoms with van der Waals surface area (Å²) in [6, 6.07) is 10.4. The first-order valence-corrected chi connectivity index (χ1v) is 10.8. The van der Waals surface area contributed by atoms with Crippen molar-refractivity contribution < 1.29 is 23.4 Å². The van der Waals surface area contributed by atoms with E-state index in [9.17, 15) is 23.4 Å². The van der Waals surface area contributed by atoms with Crippen LogP contribution in [-0.4, -0.2) is 37.6 Å². The van der Waals surface area contributed by atoms with Crippen LogP contribution in [0, 0.1) is 0 Å². The van der Waals surface area contributed by atoms with Crippen molar-refractivity contribution >= 4 is 27.7 Å². The summed E-state index contributed by atoms with van der Waals surface area (Å²) in [6.07, 6.45) is 6.65. The zero-order chi connectivity index (χ0) is 21.0. The molecule has 0 heterocycles. The van der Waals surface area contributed by atoms with E-state index in [4.69, 9.17) is 0 Å². The molecular weight excluding hydrogens is 392 g/mol. The van der Waals surface area contributed by atoms with E-state index >= 15 is 0 Å². The number of phenols is 2. The van der Waals surface area contributed by atoms with Crippen molar-refractivity contribution in [2.45, 2.75) is 36.6 Å². The van der Waals surface area contributed by atoms with Gasteiger partial charge < -0.3 is 15.1 Å². The van der Waals surface area contributed by atoms with Crippen molar-refractivity contribution in [3.05, 3.63) is 54.1 Å². The van der Waals surface area contributed by atoms with Crippen LogP contribution in [0.4, 0.5) is 5.69 Å². The van der Waals surface area contributed by atoms with Gasteiger partial charge in [-0.1, -0.05) is 18.9 Å². The number of anilines is 1. The first-order valence-electron chi connectivity index (χ1n) is 9.36. The number of rotatable bonds is 6. The molecule has 1 saturated carbocycles. The van der Waals surface area contributed by atoms with Gasteiger partial charge in [-0.25, -0.2) is 13.1 Å². The summed E-state index contributed by atoms with van der Waals surface area (Å²) in [6.45, 7) is 0. The molecule has 2 aromatic rings. The van der Waals surface area contributed by atoms with Crippen LogP contribution < -0.4 is 9.62 Å². The Hall–Kier alpha value is -2.84. The van der Waals surface area contributed by atoms with Crippen LogP contribution in [-0.2, 0) is 14.8 Å². The smallest absolute Gasteiger partial charge is 0.250 e. The fourth-order valence-corrected chi connectivity index (χ4v) is 4.54. The van der Waals surface area contributed by atoms with E-state index in [1.807, 2.05) is 0 Å². The number of carbonyl (C=O) groups is 1. The molecule has 8 heteroatoms. The maximum absolute atomic E-state index is 12.5. The lowest BCUT2D eigenvalue weighted by Gasteiger charge is -2.17. The Morgan fingerprint density at radius 3 is 2.34 bits per heavy atom. The van der Waals surface area contributed by atoms with Crippen LogP contribution in [0.5, 0.6) is 11.5 Å². The lowest BCUT2D eigenvalue weighted by atomic mass is 10.2. The van der Waals surface area contributed by atoms with Crippen molar-refractivity contribution in [1.29, 1.82) is 0 Å². The molecule has 0 bridgehead atoms. The van der Waals surface area contributed by atoms with Gasteiger partial charge in [0.1, 0.15) is 0 Å². The molecule has 1 fully saturated rings. The average Bonchev–Trinajstić information content (AvgIpc) is 3.20. The maximum Gasteiger partial charge on any atom is 0.250 e. The molecule has 3 rings (SSSR count). The Kier molecular flexibility index (Phi) is 6.24. The Morgan fingerprint density at radius 2 is 1.72 bits per heavy atom. The van der Waals surface area contributed by atoms with Crippen LogP contribution in [0.1, 0.15) is 31.2 Å². The van der Waals surface area contributed by atoms with Crippen molar-refractivity contribution in [2.75, 3.05) is 11.9 Å². The van der Waals surface area contributed by atoms with Crippen LogP contribution >= 0.6 is 0 Å². The molecule has 0 spiro atoms. The highest BCUT2D eigenvalue weighted by atomic mass is 32.2. The van der Waals surface area contributed by atoms with Crippen molar-refractivity contribution in [1.82, 2.24) is 4.72 Å². The van der Waals surface area contributed by atoms with Gasteiger partial charge in [0.25, 0.3) is 5.91 Å². The number of phenolic OH excluding ortho intramolecular Hbond substituents is 2. The molecule has 2 aromatic carbocycles. The summed E-state index contributed by atoms with van der Waals surface area (Å²) < 4.78 is 27.7.